The number of rotatable bonds is 4. The van der Waals surface area contributed by atoms with Gasteiger partial charge in [-0.3, -0.25) is 9.69 Å². The van der Waals surface area contributed by atoms with Crippen molar-refractivity contribution in [2.45, 2.75) is 32.7 Å². The van der Waals surface area contributed by atoms with Crippen LogP contribution in [-0.2, 0) is 0 Å². The summed E-state index contributed by atoms with van der Waals surface area (Å²) in [6, 6.07) is 6.11. The summed E-state index contributed by atoms with van der Waals surface area (Å²) in [6.45, 7) is 7.14. The Morgan fingerprint density at radius 3 is 2.90 bits per heavy atom. The van der Waals surface area contributed by atoms with Crippen LogP contribution >= 0.6 is 0 Å². The minimum absolute atomic E-state index is 0.0189. The smallest absolute Gasteiger partial charge is 0.255 e. The molecule has 1 aromatic rings. The van der Waals surface area contributed by atoms with E-state index >= 15 is 0 Å². The Labute approximate surface area is 121 Å². The van der Waals surface area contributed by atoms with E-state index in [1.807, 2.05) is 32.2 Å². The fraction of sp³-hybridized carbons (Fsp3) is 0.562. The summed E-state index contributed by atoms with van der Waals surface area (Å²) < 4.78 is 0. The van der Waals surface area contributed by atoms with Gasteiger partial charge in [0.05, 0.1) is 5.56 Å². The molecule has 110 valence electrons. The van der Waals surface area contributed by atoms with Gasteiger partial charge in [-0.05, 0) is 50.6 Å². The van der Waals surface area contributed by atoms with Crippen molar-refractivity contribution < 1.29 is 4.79 Å². The van der Waals surface area contributed by atoms with Crippen molar-refractivity contribution in [3.63, 3.8) is 0 Å². The molecule has 2 rings (SSSR count). The zero-order valence-corrected chi connectivity index (χ0v) is 12.7. The Morgan fingerprint density at radius 2 is 2.25 bits per heavy atom. The van der Waals surface area contributed by atoms with Gasteiger partial charge in [0.15, 0.2) is 0 Å². The maximum Gasteiger partial charge on any atom is 0.255 e. The third-order valence-corrected chi connectivity index (χ3v) is 4.17. The molecule has 1 heterocycles. The van der Waals surface area contributed by atoms with Crippen LogP contribution in [0.25, 0.3) is 0 Å². The van der Waals surface area contributed by atoms with Gasteiger partial charge in [0.25, 0.3) is 5.91 Å². The lowest BCUT2D eigenvalue weighted by atomic mass is 10.1. The SMILES string of the molecule is CCN1CCCC1CN(C)C(=O)c1ccc(C)cc1N. The first kappa shape index (κ1) is 14.9. The topological polar surface area (TPSA) is 49.6 Å². The molecule has 0 saturated carbocycles. The van der Waals surface area contributed by atoms with E-state index in [1.165, 1.54) is 12.8 Å². The Morgan fingerprint density at radius 1 is 1.50 bits per heavy atom. The minimum Gasteiger partial charge on any atom is -0.398 e. The third kappa shape index (κ3) is 3.12. The molecule has 1 aliphatic rings. The molecule has 2 N–H and O–H groups in total. The molecule has 1 saturated heterocycles. The molecule has 4 heteroatoms. The van der Waals surface area contributed by atoms with Gasteiger partial charge in [-0.2, -0.15) is 0 Å². The van der Waals surface area contributed by atoms with Crippen LogP contribution in [0.15, 0.2) is 18.2 Å². The average molecular weight is 275 g/mol. The molecule has 4 nitrogen and oxygen atoms in total. The van der Waals surface area contributed by atoms with E-state index in [0.717, 1.165) is 25.2 Å². The first-order valence-electron chi connectivity index (χ1n) is 7.38. The highest BCUT2D eigenvalue weighted by atomic mass is 16.2. The van der Waals surface area contributed by atoms with E-state index in [1.54, 1.807) is 4.90 Å². The quantitative estimate of drug-likeness (QED) is 0.856. The maximum atomic E-state index is 12.5. The van der Waals surface area contributed by atoms with Crippen molar-refractivity contribution >= 4 is 11.6 Å². The van der Waals surface area contributed by atoms with E-state index < -0.39 is 0 Å². The number of anilines is 1. The Hall–Kier alpha value is -1.55. The molecule has 0 spiro atoms. The zero-order valence-electron chi connectivity index (χ0n) is 12.7. The van der Waals surface area contributed by atoms with Crippen molar-refractivity contribution in [1.29, 1.82) is 0 Å². The molecular weight excluding hydrogens is 250 g/mol. The predicted octanol–water partition coefficient (Wildman–Crippen LogP) is 2.13. The lowest BCUT2D eigenvalue weighted by molar-refractivity contribution is 0.0755. The van der Waals surface area contributed by atoms with Crippen molar-refractivity contribution in [2.24, 2.45) is 0 Å². The summed E-state index contributed by atoms with van der Waals surface area (Å²) in [5.74, 6) is 0.0189. The zero-order chi connectivity index (χ0) is 14.7. The summed E-state index contributed by atoms with van der Waals surface area (Å²) in [5.41, 5.74) is 8.22. The van der Waals surface area contributed by atoms with Gasteiger partial charge in [-0.15, -0.1) is 0 Å². The van der Waals surface area contributed by atoms with Crippen molar-refractivity contribution in [3.05, 3.63) is 29.3 Å². The van der Waals surface area contributed by atoms with Gasteiger partial charge in [-0.1, -0.05) is 13.0 Å². The Balaban J connectivity index is 2.05. The van der Waals surface area contributed by atoms with Crippen LogP contribution in [0.1, 0.15) is 35.7 Å². The fourth-order valence-corrected chi connectivity index (χ4v) is 3.00. The Bertz CT molecular complexity index is 487. The number of aryl methyl sites for hydroxylation is 1. The summed E-state index contributed by atoms with van der Waals surface area (Å²) in [5, 5.41) is 0. The molecule has 0 bridgehead atoms. The number of nitrogens with two attached hydrogens (primary N) is 1. The van der Waals surface area contributed by atoms with Gasteiger partial charge in [0.1, 0.15) is 0 Å². The van der Waals surface area contributed by atoms with Crippen LogP contribution < -0.4 is 5.73 Å². The van der Waals surface area contributed by atoms with E-state index in [4.69, 9.17) is 5.73 Å². The highest BCUT2D eigenvalue weighted by Crippen LogP contribution is 2.20. The van der Waals surface area contributed by atoms with Crippen LogP contribution in [0.3, 0.4) is 0 Å². The minimum atomic E-state index is 0.0189. The molecule has 1 unspecified atom stereocenters. The van der Waals surface area contributed by atoms with Crippen LogP contribution in [0.2, 0.25) is 0 Å². The van der Waals surface area contributed by atoms with E-state index in [0.29, 0.717) is 17.3 Å². The van der Waals surface area contributed by atoms with Crippen LogP contribution in [-0.4, -0.2) is 48.4 Å². The standard InChI is InChI=1S/C16H25N3O/c1-4-19-9-5-6-13(19)11-18(3)16(20)14-8-7-12(2)10-15(14)17/h7-8,10,13H,4-6,9,11,17H2,1-3H3. The van der Waals surface area contributed by atoms with Crippen LogP contribution in [0.5, 0.6) is 0 Å². The van der Waals surface area contributed by atoms with Gasteiger partial charge >= 0.3 is 0 Å². The number of likely N-dealkylation sites (N-methyl/N-ethyl adjacent to an activating group) is 2. The highest BCUT2D eigenvalue weighted by molar-refractivity contribution is 5.99. The second-order valence-electron chi connectivity index (χ2n) is 5.70. The van der Waals surface area contributed by atoms with Crippen molar-refractivity contribution in [3.8, 4) is 0 Å². The first-order chi connectivity index (χ1) is 9.52. The molecule has 20 heavy (non-hydrogen) atoms. The molecule has 1 aliphatic heterocycles. The number of amides is 1. The summed E-state index contributed by atoms with van der Waals surface area (Å²) >= 11 is 0. The molecular formula is C16H25N3O. The molecule has 1 amide bonds. The molecule has 1 aromatic carbocycles. The maximum absolute atomic E-state index is 12.5. The molecule has 0 radical (unpaired) electrons. The van der Waals surface area contributed by atoms with Gasteiger partial charge in [-0.25, -0.2) is 0 Å². The fourth-order valence-electron chi connectivity index (χ4n) is 3.00. The van der Waals surface area contributed by atoms with E-state index in [9.17, 15) is 4.79 Å². The van der Waals surface area contributed by atoms with E-state index in [-0.39, 0.29) is 5.91 Å². The summed E-state index contributed by atoms with van der Waals surface area (Å²) in [6.07, 6.45) is 2.40. The molecule has 0 aliphatic carbocycles. The largest absolute Gasteiger partial charge is 0.398 e. The van der Waals surface area contributed by atoms with Gasteiger partial charge in [0, 0.05) is 25.3 Å². The number of hydrogen-bond donors (Lipinski definition) is 1. The first-order valence-corrected chi connectivity index (χ1v) is 7.38. The second kappa shape index (κ2) is 6.27. The normalized spacial score (nSPS) is 19.2. The predicted molar refractivity (Wildman–Crippen MR) is 82.8 cm³/mol. The van der Waals surface area contributed by atoms with Crippen molar-refractivity contribution in [1.82, 2.24) is 9.80 Å². The van der Waals surface area contributed by atoms with Gasteiger partial charge < -0.3 is 10.6 Å². The molecule has 1 fully saturated rings. The number of carbonyl (C=O) groups is 1. The van der Waals surface area contributed by atoms with Crippen molar-refractivity contribution in [2.75, 3.05) is 32.4 Å². The highest BCUT2D eigenvalue weighted by Gasteiger charge is 2.26. The average Bonchev–Trinajstić information content (AvgIpc) is 2.85. The van der Waals surface area contributed by atoms with Crippen LogP contribution in [0, 0.1) is 6.92 Å². The second-order valence-corrected chi connectivity index (χ2v) is 5.70. The van der Waals surface area contributed by atoms with Gasteiger partial charge in [0.2, 0.25) is 0 Å². The number of nitrogens with zero attached hydrogens (tertiary/aromatic N) is 2. The summed E-state index contributed by atoms with van der Waals surface area (Å²) in [7, 11) is 1.87. The van der Waals surface area contributed by atoms with Crippen LogP contribution in [0.4, 0.5) is 5.69 Å². The summed E-state index contributed by atoms with van der Waals surface area (Å²) in [4.78, 5) is 16.7. The lowest BCUT2D eigenvalue weighted by Crippen LogP contribution is -2.41. The lowest BCUT2D eigenvalue weighted by Gasteiger charge is -2.28. The number of nitrogen functional groups attached to an aromatic ring is 1. The monoisotopic (exact) mass is 275 g/mol. The third-order valence-electron chi connectivity index (χ3n) is 4.17. The molecule has 0 aromatic heterocycles. The number of hydrogen-bond acceptors (Lipinski definition) is 3. The number of benzene rings is 1. The molecule has 1 atom stereocenters. The van der Waals surface area contributed by atoms with E-state index in [2.05, 4.69) is 11.8 Å². The number of likely N-dealkylation sites (tertiary alicyclic amines) is 1. The Kier molecular flexibility index (Phi) is 4.65. The number of carbonyl (C=O) groups excluding carboxylic acids is 1.